The maximum absolute atomic E-state index is 6.01. The van der Waals surface area contributed by atoms with Gasteiger partial charge in [-0.1, -0.05) is 19.1 Å². The second-order valence-corrected chi connectivity index (χ2v) is 7.05. The van der Waals surface area contributed by atoms with Gasteiger partial charge in [0, 0.05) is 28.9 Å². The molecule has 0 spiro atoms. The zero-order valence-electron chi connectivity index (χ0n) is 16.6. The van der Waals surface area contributed by atoms with Crippen LogP contribution in [0.5, 0.6) is 17.2 Å². The zero-order valence-corrected chi connectivity index (χ0v) is 19.7. The van der Waals surface area contributed by atoms with Gasteiger partial charge in [0.1, 0.15) is 5.75 Å². The van der Waals surface area contributed by atoms with Gasteiger partial charge in [-0.2, -0.15) is 0 Å². The number of thioether (sulfide) groups is 1. The van der Waals surface area contributed by atoms with E-state index in [1.807, 2.05) is 36.4 Å². The number of guanidine groups is 1. The van der Waals surface area contributed by atoms with E-state index in [-0.39, 0.29) is 24.0 Å². The fraction of sp³-hybridized carbons (Fsp3) is 0.350. The highest BCUT2D eigenvalue weighted by Crippen LogP contribution is 2.30. The molecule has 3 N–H and O–H groups in total. The second-order valence-electron chi connectivity index (χ2n) is 5.99. The summed E-state index contributed by atoms with van der Waals surface area (Å²) < 4.78 is 15.9. The fourth-order valence-corrected chi connectivity index (χ4v) is 3.42. The molecule has 0 saturated heterocycles. The number of benzene rings is 2. The van der Waals surface area contributed by atoms with Crippen molar-refractivity contribution in [1.29, 1.82) is 0 Å². The van der Waals surface area contributed by atoms with Gasteiger partial charge in [-0.05, 0) is 30.2 Å². The van der Waals surface area contributed by atoms with Gasteiger partial charge in [-0.25, -0.2) is 0 Å². The standard InChI is InChI=1S/C20H27N3O3S.HI/c1-14(13-27-19-8-6-5-7-17(19)25-3)12-22-20(21)23-15-9-10-16(24-2)18(11-15)26-4;/h5-11,14H,12-13H2,1-4H3,(H3,21,22,23);1H. The lowest BCUT2D eigenvalue weighted by molar-refractivity contribution is 0.355. The molecule has 1 atom stereocenters. The molecule has 0 aliphatic heterocycles. The van der Waals surface area contributed by atoms with Crippen molar-refractivity contribution >= 4 is 47.4 Å². The summed E-state index contributed by atoms with van der Waals surface area (Å²) in [6.45, 7) is 2.78. The largest absolute Gasteiger partial charge is 0.496 e. The lowest BCUT2D eigenvalue weighted by Gasteiger charge is -2.13. The first kappa shape index (κ1) is 24.2. The van der Waals surface area contributed by atoms with Gasteiger partial charge < -0.3 is 25.3 Å². The molecule has 154 valence electrons. The van der Waals surface area contributed by atoms with Crippen molar-refractivity contribution in [3.8, 4) is 17.2 Å². The molecule has 8 heteroatoms. The highest BCUT2D eigenvalue weighted by molar-refractivity contribution is 14.0. The summed E-state index contributed by atoms with van der Waals surface area (Å²) in [7, 11) is 4.89. The Bertz CT molecular complexity index is 774. The number of hydrogen-bond acceptors (Lipinski definition) is 5. The van der Waals surface area contributed by atoms with Crippen LogP contribution in [0, 0.1) is 5.92 Å². The summed E-state index contributed by atoms with van der Waals surface area (Å²) in [4.78, 5) is 5.57. The molecule has 0 amide bonds. The SMILES string of the molecule is COc1ccc(NC(N)=NCC(C)CSc2ccccc2OC)cc1OC.I. The van der Waals surface area contributed by atoms with Crippen LogP contribution in [0.25, 0.3) is 0 Å². The van der Waals surface area contributed by atoms with Crippen LogP contribution in [0.15, 0.2) is 52.4 Å². The molecule has 28 heavy (non-hydrogen) atoms. The minimum Gasteiger partial charge on any atom is -0.496 e. The molecule has 2 rings (SSSR count). The minimum atomic E-state index is 0. The van der Waals surface area contributed by atoms with Gasteiger partial charge in [0.15, 0.2) is 17.5 Å². The van der Waals surface area contributed by atoms with E-state index >= 15 is 0 Å². The van der Waals surface area contributed by atoms with Crippen molar-refractivity contribution in [1.82, 2.24) is 0 Å². The molecule has 6 nitrogen and oxygen atoms in total. The number of para-hydroxylation sites is 1. The second kappa shape index (κ2) is 12.6. The smallest absolute Gasteiger partial charge is 0.193 e. The lowest BCUT2D eigenvalue weighted by Crippen LogP contribution is -2.23. The summed E-state index contributed by atoms with van der Waals surface area (Å²) >= 11 is 1.76. The number of methoxy groups -OCH3 is 3. The predicted octanol–water partition coefficient (Wildman–Crippen LogP) is 4.49. The van der Waals surface area contributed by atoms with E-state index < -0.39 is 0 Å². The molecule has 0 saturated carbocycles. The molecule has 0 aliphatic rings. The molecule has 0 bridgehead atoms. The number of nitrogens with two attached hydrogens (primary N) is 1. The minimum absolute atomic E-state index is 0. The summed E-state index contributed by atoms with van der Waals surface area (Å²) in [5.41, 5.74) is 6.81. The summed E-state index contributed by atoms with van der Waals surface area (Å²) in [6, 6.07) is 13.5. The Morgan fingerprint density at radius 2 is 1.71 bits per heavy atom. The third-order valence-electron chi connectivity index (χ3n) is 3.82. The zero-order chi connectivity index (χ0) is 19.6. The third-order valence-corrected chi connectivity index (χ3v) is 5.21. The summed E-state index contributed by atoms with van der Waals surface area (Å²) in [5.74, 6) is 3.86. The van der Waals surface area contributed by atoms with Gasteiger partial charge >= 0.3 is 0 Å². The Kier molecular flexibility index (Phi) is 10.9. The quantitative estimate of drug-likeness (QED) is 0.221. The summed E-state index contributed by atoms with van der Waals surface area (Å²) in [5, 5.41) is 3.08. The van der Waals surface area contributed by atoms with Gasteiger partial charge in [0.05, 0.1) is 21.3 Å². The monoisotopic (exact) mass is 517 g/mol. The van der Waals surface area contributed by atoms with Crippen molar-refractivity contribution in [3.05, 3.63) is 42.5 Å². The number of hydrogen-bond donors (Lipinski definition) is 2. The normalized spacial score (nSPS) is 11.9. The van der Waals surface area contributed by atoms with Gasteiger partial charge in [0.2, 0.25) is 0 Å². The van der Waals surface area contributed by atoms with E-state index in [1.54, 1.807) is 33.1 Å². The maximum atomic E-state index is 6.01. The molecule has 0 aliphatic carbocycles. The highest BCUT2D eigenvalue weighted by Gasteiger charge is 2.08. The number of nitrogens with one attached hydrogen (secondary N) is 1. The first-order chi connectivity index (χ1) is 13.1. The van der Waals surface area contributed by atoms with Crippen molar-refractivity contribution in [2.45, 2.75) is 11.8 Å². The van der Waals surface area contributed by atoms with Gasteiger partial charge in [0.25, 0.3) is 0 Å². The summed E-state index contributed by atoms with van der Waals surface area (Å²) in [6.07, 6.45) is 0. The van der Waals surface area contributed by atoms with Crippen molar-refractivity contribution in [2.24, 2.45) is 16.6 Å². The molecule has 0 radical (unpaired) electrons. The number of anilines is 1. The molecular formula is C20H28IN3O3S. The number of rotatable bonds is 9. The molecule has 1 unspecified atom stereocenters. The molecule has 0 fully saturated rings. The number of ether oxygens (including phenoxy) is 3. The Balaban J connectivity index is 0.00000392. The van der Waals surface area contributed by atoms with Crippen LogP contribution in [-0.2, 0) is 0 Å². The lowest BCUT2D eigenvalue weighted by atomic mass is 10.2. The molecule has 2 aromatic carbocycles. The Morgan fingerprint density at radius 1 is 1.04 bits per heavy atom. The molecule has 0 heterocycles. The average Bonchev–Trinajstić information content (AvgIpc) is 2.70. The molecule has 0 aromatic heterocycles. The van der Waals surface area contributed by atoms with Crippen LogP contribution in [0.1, 0.15) is 6.92 Å². The topological polar surface area (TPSA) is 78.1 Å². The van der Waals surface area contributed by atoms with Crippen LogP contribution in [0.2, 0.25) is 0 Å². The van der Waals surface area contributed by atoms with Crippen molar-refractivity contribution in [3.63, 3.8) is 0 Å². The van der Waals surface area contributed by atoms with E-state index in [0.29, 0.717) is 29.9 Å². The van der Waals surface area contributed by atoms with E-state index in [2.05, 4.69) is 23.3 Å². The van der Waals surface area contributed by atoms with Crippen LogP contribution >= 0.6 is 35.7 Å². The number of nitrogens with zero attached hydrogens (tertiary/aromatic N) is 1. The number of halogens is 1. The Morgan fingerprint density at radius 3 is 2.39 bits per heavy atom. The van der Waals surface area contributed by atoms with Crippen LogP contribution in [0.3, 0.4) is 0 Å². The van der Waals surface area contributed by atoms with E-state index in [9.17, 15) is 0 Å². The van der Waals surface area contributed by atoms with Crippen LogP contribution in [-0.4, -0.2) is 39.6 Å². The van der Waals surface area contributed by atoms with Gasteiger partial charge in [-0.15, -0.1) is 35.7 Å². The Labute approximate surface area is 188 Å². The van der Waals surface area contributed by atoms with Crippen LogP contribution in [0.4, 0.5) is 5.69 Å². The average molecular weight is 517 g/mol. The third kappa shape index (κ3) is 7.31. The highest BCUT2D eigenvalue weighted by atomic mass is 127. The fourth-order valence-electron chi connectivity index (χ4n) is 2.38. The van der Waals surface area contributed by atoms with E-state index in [1.165, 1.54) is 0 Å². The Hall–Kier alpha value is -1.81. The first-order valence-electron chi connectivity index (χ1n) is 8.62. The first-order valence-corrected chi connectivity index (χ1v) is 9.60. The molecule has 2 aromatic rings. The van der Waals surface area contributed by atoms with Crippen molar-refractivity contribution < 1.29 is 14.2 Å². The van der Waals surface area contributed by atoms with E-state index in [0.717, 1.165) is 22.1 Å². The maximum Gasteiger partial charge on any atom is 0.193 e. The van der Waals surface area contributed by atoms with Crippen LogP contribution < -0.4 is 25.3 Å². The number of aliphatic imine (C=N–C) groups is 1. The van der Waals surface area contributed by atoms with Gasteiger partial charge in [-0.3, -0.25) is 4.99 Å². The van der Waals surface area contributed by atoms with Crippen molar-refractivity contribution in [2.75, 3.05) is 38.9 Å². The molecular weight excluding hydrogens is 489 g/mol. The predicted molar refractivity (Wildman–Crippen MR) is 128 cm³/mol. The van der Waals surface area contributed by atoms with E-state index in [4.69, 9.17) is 19.9 Å².